The monoisotopic (exact) mass is 545 g/mol. The number of aliphatic carboxylic acids is 1. The second-order valence-electron chi connectivity index (χ2n) is 12.3. The fourth-order valence-corrected chi connectivity index (χ4v) is 7.97. The summed E-state index contributed by atoms with van der Waals surface area (Å²) in [5.74, 6) is 1.81. The average Bonchev–Trinajstić information content (AvgIpc) is 2.95. The minimum absolute atomic E-state index is 0.103. The number of carbonyl (C=O) groups is 2. The lowest BCUT2D eigenvalue weighted by atomic mass is 9.47. The zero-order valence-corrected chi connectivity index (χ0v) is 23.0. The van der Waals surface area contributed by atoms with Gasteiger partial charge in [-0.3, -0.25) is 4.79 Å². The maximum atomic E-state index is 12.1. The number of hydroxylamine groups is 1. The topological polar surface area (TPSA) is 94.1 Å². The predicted octanol–water partition coefficient (Wildman–Crippen LogP) is 6.26. The third kappa shape index (κ3) is 5.68. The van der Waals surface area contributed by atoms with Gasteiger partial charge in [0.25, 0.3) is 0 Å². The molecule has 212 valence electrons. The summed E-state index contributed by atoms with van der Waals surface area (Å²) in [5.41, 5.74) is 6.93. The van der Waals surface area contributed by atoms with Crippen LogP contribution < -0.4 is 10.2 Å². The van der Waals surface area contributed by atoms with Crippen molar-refractivity contribution in [1.29, 1.82) is 0 Å². The molecule has 5 fully saturated rings. The molecule has 2 aromatic carbocycles. The van der Waals surface area contributed by atoms with Gasteiger partial charge in [0.2, 0.25) is 5.91 Å². The summed E-state index contributed by atoms with van der Waals surface area (Å²) in [5, 5.41) is 9.62. The standard InChI is InChI=1S/C33H39NO6/c1-21(32(36)37)26-7-10-28(29(17-26)33-18-22-14-23(19-33)16-24(15-22)20-33)25-5-8-27(9-6-25)38-13-11-30(35)34-40-31-4-2-3-12-39-31/h5-10,17,22-24,31H,1-4,11-16,18-20H2,(H,34,35)(H,36,37). The Morgan fingerprint density at radius 2 is 1.70 bits per heavy atom. The minimum atomic E-state index is -0.978. The smallest absolute Gasteiger partial charge is 0.335 e. The van der Waals surface area contributed by atoms with Crippen LogP contribution in [0.4, 0.5) is 0 Å². The molecule has 4 aliphatic carbocycles. The van der Waals surface area contributed by atoms with Crippen LogP contribution >= 0.6 is 0 Å². The molecule has 4 saturated carbocycles. The zero-order valence-electron chi connectivity index (χ0n) is 23.0. The summed E-state index contributed by atoms with van der Waals surface area (Å²) >= 11 is 0. The highest BCUT2D eigenvalue weighted by Gasteiger charge is 2.52. The van der Waals surface area contributed by atoms with Crippen LogP contribution in [0.3, 0.4) is 0 Å². The van der Waals surface area contributed by atoms with Gasteiger partial charge >= 0.3 is 5.97 Å². The molecule has 2 N–H and O–H groups in total. The van der Waals surface area contributed by atoms with Crippen LogP contribution in [-0.2, 0) is 24.6 Å². The van der Waals surface area contributed by atoms with Crippen molar-refractivity contribution in [3.8, 4) is 16.9 Å². The lowest BCUT2D eigenvalue weighted by molar-refractivity contribution is -0.200. The summed E-state index contributed by atoms with van der Waals surface area (Å²) in [4.78, 5) is 29.2. The first-order valence-electron chi connectivity index (χ1n) is 14.7. The second-order valence-corrected chi connectivity index (χ2v) is 12.3. The highest BCUT2D eigenvalue weighted by atomic mass is 16.8. The molecule has 7 heteroatoms. The van der Waals surface area contributed by atoms with E-state index in [0.29, 0.717) is 17.9 Å². The Labute approximate surface area is 235 Å². The van der Waals surface area contributed by atoms with E-state index in [1.165, 1.54) is 44.1 Å². The van der Waals surface area contributed by atoms with Gasteiger partial charge in [-0.15, -0.1) is 0 Å². The number of rotatable bonds is 10. The third-order valence-corrected chi connectivity index (χ3v) is 9.44. The summed E-state index contributed by atoms with van der Waals surface area (Å²) < 4.78 is 11.3. The molecule has 1 unspecified atom stereocenters. The van der Waals surface area contributed by atoms with Gasteiger partial charge in [-0.25, -0.2) is 15.1 Å². The lowest BCUT2D eigenvalue weighted by Crippen LogP contribution is -2.48. The minimum Gasteiger partial charge on any atom is -0.493 e. The van der Waals surface area contributed by atoms with E-state index in [9.17, 15) is 14.7 Å². The van der Waals surface area contributed by atoms with Crippen LogP contribution in [-0.4, -0.2) is 36.5 Å². The van der Waals surface area contributed by atoms with Crippen molar-refractivity contribution in [2.75, 3.05) is 13.2 Å². The van der Waals surface area contributed by atoms with Crippen molar-refractivity contribution < 1.29 is 29.0 Å². The van der Waals surface area contributed by atoms with Crippen molar-refractivity contribution in [2.45, 2.75) is 75.9 Å². The largest absolute Gasteiger partial charge is 0.493 e. The zero-order chi connectivity index (χ0) is 27.7. The van der Waals surface area contributed by atoms with Crippen LogP contribution in [0.25, 0.3) is 16.7 Å². The Bertz CT molecular complexity index is 1230. The van der Waals surface area contributed by atoms with Crippen molar-refractivity contribution in [2.24, 2.45) is 17.8 Å². The van der Waals surface area contributed by atoms with E-state index in [-0.39, 0.29) is 36.2 Å². The summed E-state index contributed by atoms with van der Waals surface area (Å²) in [6.07, 6.45) is 10.3. The summed E-state index contributed by atoms with van der Waals surface area (Å²) in [6, 6.07) is 14.1. The molecule has 7 nitrogen and oxygen atoms in total. The quantitative estimate of drug-likeness (QED) is 0.270. The van der Waals surface area contributed by atoms with Crippen LogP contribution in [0.1, 0.15) is 75.3 Å². The molecule has 1 saturated heterocycles. The van der Waals surface area contributed by atoms with Crippen molar-refractivity contribution in [3.63, 3.8) is 0 Å². The number of ether oxygens (including phenoxy) is 2. The fourth-order valence-electron chi connectivity index (χ4n) is 7.97. The molecule has 2 aromatic rings. The normalized spacial score (nSPS) is 28.7. The molecule has 0 spiro atoms. The first-order chi connectivity index (χ1) is 19.4. The Morgan fingerprint density at radius 1 is 1.00 bits per heavy atom. The Morgan fingerprint density at radius 3 is 2.33 bits per heavy atom. The molecule has 0 radical (unpaired) electrons. The SMILES string of the molecule is C=C(C(=O)O)c1ccc(-c2ccc(OCCC(=O)NOC3CCCCO3)cc2)c(C23CC4CC(CC(C4)C2)C3)c1. The van der Waals surface area contributed by atoms with Gasteiger partial charge in [-0.05, 0) is 115 Å². The number of benzene rings is 2. The van der Waals surface area contributed by atoms with E-state index < -0.39 is 5.97 Å². The molecular weight excluding hydrogens is 506 g/mol. The molecular formula is C33H39NO6. The van der Waals surface area contributed by atoms with Crippen LogP contribution in [0.15, 0.2) is 49.0 Å². The van der Waals surface area contributed by atoms with Gasteiger partial charge in [0.05, 0.1) is 18.6 Å². The van der Waals surface area contributed by atoms with Gasteiger partial charge in [0.15, 0.2) is 6.29 Å². The molecule has 5 aliphatic rings. The van der Waals surface area contributed by atoms with Crippen molar-refractivity contribution in [1.82, 2.24) is 5.48 Å². The number of carboxylic acid groups (broad SMARTS) is 1. The fraction of sp³-hybridized carbons (Fsp3) is 0.515. The number of hydrogen-bond acceptors (Lipinski definition) is 5. The number of amides is 1. The van der Waals surface area contributed by atoms with E-state index in [1.807, 2.05) is 18.2 Å². The molecule has 1 heterocycles. The third-order valence-electron chi connectivity index (χ3n) is 9.44. The Balaban J connectivity index is 1.15. The van der Waals surface area contributed by atoms with E-state index >= 15 is 0 Å². The number of hydrogen-bond donors (Lipinski definition) is 2. The first-order valence-corrected chi connectivity index (χ1v) is 14.7. The van der Waals surface area contributed by atoms with Gasteiger partial charge < -0.3 is 14.6 Å². The maximum absolute atomic E-state index is 12.1. The molecule has 1 atom stereocenters. The van der Waals surface area contributed by atoms with Gasteiger partial charge in [-0.2, -0.15) is 0 Å². The van der Waals surface area contributed by atoms with Crippen LogP contribution in [0, 0.1) is 17.8 Å². The van der Waals surface area contributed by atoms with Crippen molar-refractivity contribution in [3.05, 3.63) is 60.2 Å². The number of carboxylic acids is 1. The molecule has 7 rings (SSSR count). The van der Waals surface area contributed by atoms with Crippen molar-refractivity contribution >= 4 is 17.4 Å². The molecule has 4 bridgehead atoms. The van der Waals surface area contributed by atoms with E-state index in [2.05, 4.69) is 36.3 Å². The highest BCUT2D eigenvalue weighted by molar-refractivity contribution is 6.14. The van der Waals surface area contributed by atoms with Crippen LogP contribution in [0.2, 0.25) is 0 Å². The molecule has 0 aromatic heterocycles. The Hall–Kier alpha value is -3.16. The van der Waals surface area contributed by atoms with Gasteiger partial charge in [0, 0.05) is 13.0 Å². The first kappa shape index (κ1) is 27.0. The van der Waals surface area contributed by atoms with Gasteiger partial charge in [-0.1, -0.05) is 30.8 Å². The lowest BCUT2D eigenvalue weighted by Gasteiger charge is -2.57. The summed E-state index contributed by atoms with van der Waals surface area (Å²) in [6.45, 7) is 4.74. The molecule has 1 amide bonds. The molecule has 1 aliphatic heterocycles. The van der Waals surface area contributed by atoms with E-state index in [0.717, 1.165) is 48.1 Å². The van der Waals surface area contributed by atoms with E-state index in [4.69, 9.17) is 14.3 Å². The number of carbonyl (C=O) groups excluding carboxylic acids is 1. The highest BCUT2D eigenvalue weighted by Crippen LogP contribution is 2.62. The summed E-state index contributed by atoms with van der Waals surface area (Å²) in [7, 11) is 0. The molecule has 40 heavy (non-hydrogen) atoms. The average molecular weight is 546 g/mol. The van der Waals surface area contributed by atoms with Crippen LogP contribution in [0.5, 0.6) is 5.75 Å². The van der Waals surface area contributed by atoms with Gasteiger partial charge in [0.1, 0.15) is 5.75 Å². The van der Waals surface area contributed by atoms with E-state index in [1.54, 1.807) is 0 Å². The predicted molar refractivity (Wildman–Crippen MR) is 151 cm³/mol. The second kappa shape index (κ2) is 11.4. The number of nitrogens with one attached hydrogen (secondary N) is 1. The maximum Gasteiger partial charge on any atom is 0.335 e. The Kier molecular flexibility index (Phi) is 7.69.